The summed E-state index contributed by atoms with van der Waals surface area (Å²) in [4.78, 5) is 24.7. The van der Waals surface area contributed by atoms with Gasteiger partial charge in [-0.15, -0.1) is 0 Å². The summed E-state index contributed by atoms with van der Waals surface area (Å²) >= 11 is 0. The summed E-state index contributed by atoms with van der Waals surface area (Å²) in [6.45, 7) is 3.96. The zero-order valence-electron chi connectivity index (χ0n) is 54.5. The molecule has 82 heavy (non-hydrogen) atoms. The normalized spacial score (nSPS) is 12.8. The average molecular weight is 1140 g/mol. The molecule has 474 valence electrons. The number of rotatable bonds is 66. The van der Waals surface area contributed by atoms with E-state index in [1.54, 1.807) is 0 Å². The lowest BCUT2D eigenvalue weighted by molar-refractivity contribution is -0.161. The monoisotopic (exact) mass is 1140 g/mol. The Kier molecular flexibility index (Phi) is 69.3. The van der Waals surface area contributed by atoms with Gasteiger partial charge in [-0.3, -0.25) is 9.59 Å². The van der Waals surface area contributed by atoms with Gasteiger partial charge in [0.15, 0.2) is 6.10 Å². The second kappa shape index (κ2) is 72.1. The lowest BCUT2D eigenvalue weighted by atomic mass is 10.0. The van der Waals surface area contributed by atoms with E-state index in [0.717, 1.165) is 89.9 Å². The SMILES string of the molecule is CC/C=C\C/C=C\C/C=C\C/C=C\CCCCCCCCCCCCCCCCCCCCCCCCCCC(=O)OC(CO)COC(=O)CCCCCCCCCCCCCCCCCCCC/C=C\C/C=C\C/C=C\C/C=C\CC. The Balaban J connectivity index is 3.40. The number of carbonyl (C=O) groups is 2. The van der Waals surface area contributed by atoms with Crippen molar-refractivity contribution in [3.05, 3.63) is 97.2 Å². The van der Waals surface area contributed by atoms with Crippen LogP contribution in [0.4, 0.5) is 0 Å². The van der Waals surface area contributed by atoms with Crippen LogP contribution in [0.5, 0.6) is 0 Å². The number of aliphatic hydroxyl groups is 1. The molecule has 0 aromatic carbocycles. The van der Waals surface area contributed by atoms with Gasteiger partial charge in [-0.05, 0) is 89.9 Å². The molecule has 1 unspecified atom stereocenters. The van der Waals surface area contributed by atoms with Gasteiger partial charge in [-0.2, -0.15) is 0 Å². The predicted octanol–water partition coefficient (Wildman–Crippen LogP) is 25.0. The van der Waals surface area contributed by atoms with E-state index in [-0.39, 0.29) is 25.2 Å². The highest BCUT2D eigenvalue weighted by molar-refractivity contribution is 5.70. The highest BCUT2D eigenvalue weighted by Crippen LogP contribution is 2.19. The van der Waals surface area contributed by atoms with Crippen LogP contribution in [-0.2, 0) is 19.1 Å². The van der Waals surface area contributed by atoms with Crippen molar-refractivity contribution in [3.63, 3.8) is 0 Å². The predicted molar refractivity (Wildman–Crippen MR) is 362 cm³/mol. The van der Waals surface area contributed by atoms with Crippen molar-refractivity contribution in [2.24, 2.45) is 0 Å². The van der Waals surface area contributed by atoms with Crippen LogP contribution in [0.3, 0.4) is 0 Å². The minimum Gasteiger partial charge on any atom is -0.462 e. The molecule has 0 amide bonds. The van der Waals surface area contributed by atoms with E-state index >= 15 is 0 Å². The number of ether oxygens (including phenoxy) is 2. The van der Waals surface area contributed by atoms with E-state index in [1.165, 1.54) is 244 Å². The summed E-state index contributed by atoms with van der Waals surface area (Å²) in [6.07, 6.45) is 103. The molecule has 0 aromatic rings. The molecule has 0 saturated carbocycles. The van der Waals surface area contributed by atoms with E-state index < -0.39 is 6.10 Å². The first-order chi connectivity index (χ1) is 40.6. The molecule has 0 fully saturated rings. The second-order valence-corrected chi connectivity index (χ2v) is 23.9. The van der Waals surface area contributed by atoms with Crippen molar-refractivity contribution in [3.8, 4) is 0 Å². The van der Waals surface area contributed by atoms with Gasteiger partial charge in [0.2, 0.25) is 0 Å². The second-order valence-electron chi connectivity index (χ2n) is 23.9. The van der Waals surface area contributed by atoms with Crippen molar-refractivity contribution >= 4 is 11.9 Å². The molecule has 1 atom stereocenters. The first-order valence-corrected chi connectivity index (χ1v) is 35.8. The molecule has 0 spiro atoms. The molecule has 0 saturated heterocycles. The quantitative estimate of drug-likeness (QED) is 0.0373. The molecule has 0 aliphatic carbocycles. The fourth-order valence-corrected chi connectivity index (χ4v) is 10.6. The van der Waals surface area contributed by atoms with E-state index in [9.17, 15) is 14.7 Å². The molecule has 0 rings (SSSR count). The molecule has 5 nitrogen and oxygen atoms in total. The first-order valence-electron chi connectivity index (χ1n) is 35.8. The maximum Gasteiger partial charge on any atom is 0.306 e. The maximum atomic E-state index is 12.4. The van der Waals surface area contributed by atoms with Gasteiger partial charge in [0.1, 0.15) is 6.61 Å². The van der Waals surface area contributed by atoms with E-state index in [4.69, 9.17) is 9.47 Å². The number of allylic oxidation sites excluding steroid dienone is 16. The average Bonchev–Trinajstić information content (AvgIpc) is 3.49. The topological polar surface area (TPSA) is 72.8 Å². The van der Waals surface area contributed by atoms with Crippen molar-refractivity contribution in [1.82, 2.24) is 0 Å². The Labute approximate surface area is 510 Å². The highest BCUT2D eigenvalue weighted by atomic mass is 16.6. The lowest BCUT2D eigenvalue weighted by Gasteiger charge is -2.15. The van der Waals surface area contributed by atoms with Crippen LogP contribution in [0.1, 0.15) is 361 Å². The minimum absolute atomic E-state index is 0.0633. The first kappa shape index (κ1) is 78.8. The van der Waals surface area contributed by atoms with Crippen LogP contribution in [0.2, 0.25) is 0 Å². The van der Waals surface area contributed by atoms with Crippen LogP contribution in [0.25, 0.3) is 0 Å². The largest absolute Gasteiger partial charge is 0.462 e. The standard InChI is InChI=1S/C77H136O5/c1-3-5-7-9-11-13-15-17-19-21-23-25-27-29-31-33-35-36-37-38-39-40-42-44-46-48-50-52-54-56-58-60-62-64-66-68-70-72-77(80)82-75(73-78)74-81-76(79)71-69-67-65-63-61-59-57-55-53-51-49-47-45-43-41-34-32-30-28-26-24-22-20-18-16-14-12-10-8-6-4-2/h5-8,11-14,17-20,23-26,75,78H,3-4,9-10,15-16,21-22,27-74H2,1-2H3/b7-5-,8-6-,13-11-,14-12-,19-17-,20-18-,25-23-,26-24-. The molecule has 0 radical (unpaired) electrons. The lowest BCUT2D eigenvalue weighted by Crippen LogP contribution is -2.28. The number of unbranched alkanes of at least 4 members (excludes halogenated alkanes) is 42. The van der Waals surface area contributed by atoms with Crippen LogP contribution >= 0.6 is 0 Å². The Morgan fingerprint density at radius 1 is 0.280 bits per heavy atom. The van der Waals surface area contributed by atoms with Crippen LogP contribution in [0, 0.1) is 0 Å². The van der Waals surface area contributed by atoms with E-state index in [1.807, 2.05) is 0 Å². The number of aliphatic hydroxyl groups excluding tert-OH is 1. The third-order valence-electron chi connectivity index (χ3n) is 15.9. The Hall–Kier alpha value is -3.18. The Morgan fingerprint density at radius 3 is 0.732 bits per heavy atom. The molecule has 0 aliphatic rings. The molecule has 0 heterocycles. The third-order valence-corrected chi connectivity index (χ3v) is 15.9. The van der Waals surface area contributed by atoms with Gasteiger partial charge in [0.25, 0.3) is 0 Å². The Morgan fingerprint density at radius 2 is 0.488 bits per heavy atom. The van der Waals surface area contributed by atoms with Crippen LogP contribution in [-0.4, -0.2) is 36.4 Å². The molecular formula is C77H136O5. The van der Waals surface area contributed by atoms with Gasteiger partial charge in [-0.1, -0.05) is 355 Å². The molecule has 0 aromatic heterocycles. The number of hydrogen-bond acceptors (Lipinski definition) is 5. The summed E-state index contributed by atoms with van der Waals surface area (Å²) in [5.74, 6) is -0.573. The number of hydrogen-bond donors (Lipinski definition) is 1. The summed E-state index contributed by atoms with van der Waals surface area (Å²) in [5.41, 5.74) is 0. The minimum atomic E-state index is -0.774. The zero-order chi connectivity index (χ0) is 59.1. The van der Waals surface area contributed by atoms with Gasteiger partial charge < -0.3 is 14.6 Å². The van der Waals surface area contributed by atoms with Crippen molar-refractivity contribution in [1.29, 1.82) is 0 Å². The Bertz CT molecular complexity index is 1530. The van der Waals surface area contributed by atoms with Crippen molar-refractivity contribution < 1.29 is 24.2 Å². The number of esters is 2. The summed E-state index contributed by atoms with van der Waals surface area (Å²) in [5, 5.41) is 9.71. The summed E-state index contributed by atoms with van der Waals surface area (Å²) < 4.78 is 10.8. The van der Waals surface area contributed by atoms with Crippen LogP contribution < -0.4 is 0 Å². The zero-order valence-corrected chi connectivity index (χ0v) is 54.5. The molecule has 1 N–H and O–H groups in total. The fourth-order valence-electron chi connectivity index (χ4n) is 10.6. The smallest absolute Gasteiger partial charge is 0.306 e. The fraction of sp³-hybridized carbons (Fsp3) is 0.766. The summed E-state index contributed by atoms with van der Waals surface area (Å²) in [6, 6.07) is 0. The van der Waals surface area contributed by atoms with Gasteiger partial charge in [0, 0.05) is 12.8 Å². The van der Waals surface area contributed by atoms with Gasteiger partial charge >= 0.3 is 11.9 Å². The van der Waals surface area contributed by atoms with Crippen molar-refractivity contribution in [2.75, 3.05) is 13.2 Å². The van der Waals surface area contributed by atoms with E-state index in [2.05, 4.69) is 111 Å². The van der Waals surface area contributed by atoms with Crippen molar-refractivity contribution in [2.45, 2.75) is 367 Å². The van der Waals surface area contributed by atoms with Gasteiger partial charge in [-0.25, -0.2) is 0 Å². The van der Waals surface area contributed by atoms with E-state index in [0.29, 0.717) is 12.8 Å². The van der Waals surface area contributed by atoms with Crippen LogP contribution in [0.15, 0.2) is 97.2 Å². The third kappa shape index (κ3) is 69.3. The molecular weight excluding hydrogens is 1000 g/mol. The summed E-state index contributed by atoms with van der Waals surface area (Å²) in [7, 11) is 0. The molecule has 0 bridgehead atoms. The molecule has 0 aliphatic heterocycles. The number of carbonyl (C=O) groups excluding carboxylic acids is 2. The maximum absolute atomic E-state index is 12.4. The molecule has 5 heteroatoms. The van der Waals surface area contributed by atoms with Gasteiger partial charge in [0.05, 0.1) is 6.61 Å². The highest BCUT2D eigenvalue weighted by Gasteiger charge is 2.16.